The molecule has 1 aromatic carbocycles. The molecule has 0 spiro atoms. The first-order chi connectivity index (χ1) is 10.1. The highest BCUT2D eigenvalue weighted by molar-refractivity contribution is 5.94. The number of carbonyl (C=O) groups excluding carboxylic acids is 1. The number of carbonyl (C=O) groups is 2. The Morgan fingerprint density at radius 1 is 1.29 bits per heavy atom. The Kier molecular flexibility index (Phi) is 5.11. The monoisotopic (exact) mass is 288 g/mol. The van der Waals surface area contributed by atoms with Crippen LogP contribution in [-0.4, -0.2) is 30.1 Å². The molecule has 1 saturated heterocycles. The molecule has 0 radical (unpaired) electrons. The van der Waals surface area contributed by atoms with Crippen LogP contribution in [0.3, 0.4) is 0 Å². The molecule has 5 heteroatoms. The van der Waals surface area contributed by atoms with Crippen LogP contribution < -0.4 is 10.6 Å². The molecule has 1 fully saturated rings. The topological polar surface area (TPSA) is 78.4 Å². The quantitative estimate of drug-likeness (QED) is 0.695. The summed E-state index contributed by atoms with van der Waals surface area (Å²) in [4.78, 5) is 23.0. The van der Waals surface area contributed by atoms with Crippen LogP contribution in [0.15, 0.2) is 41.5 Å². The van der Waals surface area contributed by atoms with E-state index in [-0.39, 0.29) is 18.4 Å². The van der Waals surface area contributed by atoms with E-state index in [1.54, 1.807) is 0 Å². The second kappa shape index (κ2) is 7.04. The minimum Gasteiger partial charge on any atom is -0.481 e. The Balaban J connectivity index is 2.08. The van der Waals surface area contributed by atoms with E-state index in [1.807, 2.05) is 37.3 Å². The third-order valence-corrected chi connectivity index (χ3v) is 3.70. The summed E-state index contributed by atoms with van der Waals surface area (Å²) in [6, 6.07) is 9.19. The third-order valence-electron chi connectivity index (χ3n) is 3.70. The van der Waals surface area contributed by atoms with Crippen molar-refractivity contribution >= 4 is 11.9 Å². The van der Waals surface area contributed by atoms with E-state index in [1.165, 1.54) is 0 Å². The van der Waals surface area contributed by atoms with Gasteiger partial charge >= 0.3 is 5.97 Å². The lowest BCUT2D eigenvalue weighted by molar-refractivity contribution is -0.137. The number of amides is 1. The highest BCUT2D eigenvalue weighted by atomic mass is 16.4. The Hall–Kier alpha value is -2.14. The lowest BCUT2D eigenvalue weighted by Gasteiger charge is -2.24. The van der Waals surface area contributed by atoms with Gasteiger partial charge in [0, 0.05) is 25.1 Å². The Labute approximate surface area is 124 Å². The zero-order valence-electron chi connectivity index (χ0n) is 12.1. The van der Waals surface area contributed by atoms with Gasteiger partial charge in [-0.15, -0.1) is 0 Å². The lowest BCUT2D eigenvalue weighted by Crippen LogP contribution is -2.38. The molecule has 0 aromatic heterocycles. The van der Waals surface area contributed by atoms with Gasteiger partial charge in [0.15, 0.2) is 0 Å². The normalized spacial score (nSPS) is 15.0. The van der Waals surface area contributed by atoms with Gasteiger partial charge in [-0.1, -0.05) is 30.3 Å². The van der Waals surface area contributed by atoms with Crippen molar-refractivity contribution in [2.45, 2.75) is 25.8 Å². The standard InChI is InChI=1S/C16H20N2O3/c1-11(13-9-17-10-13)16(21)18-14(7-8-15(19)20)12-5-3-2-4-6-12/h2-6,14,17H,7-10H2,1H3,(H,18,21)(H,19,20). The summed E-state index contributed by atoms with van der Waals surface area (Å²) in [6.07, 6.45) is 0.406. The van der Waals surface area contributed by atoms with E-state index in [0.29, 0.717) is 6.42 Å². The van der Waals surface area contributed by atoms with Gasteiger partial charge in [0.1, 0.15) is 0 Å². The van der Waals surface area contributed by atoms with Crippen molar-refractivity contribution in [2.75, 3.05) is 13.1 Å². The molecule has 1 aliphatic rings. The van der Waals surface area contributed by atoms with Gasteiger partial charge in [-0.2, -0.15) is 0 Å². The second-order valence-corrected chi connectivity index (χ2v) is 5.20. The molecule has 0 saturated carbocycles. The molecule has 112 valence electrons. The van der Waals surface area contributed by atoms with Crippen molar-refractivity contribution in [1.82, 2.24) is 10.6 Å². The van der Waals surface area contributed by atoms with Gasteiger partial charge in [-0.05, 0) is 24.5 Å². The Morgan fingerprint density at radius 3 is 2.48 bits per heavy atom. The first-order valence-corrected chi connectivity index (χ1v) is 7.05. The number of hydrogen-bond acceptors (Lipinski definition) is 3. The van der Waals surface area contributed by atoms with E-state index in [9.17, 15) is 9.59 Å². The molecule has 3 N–H and O–H groups in total. The summed E-state index contributed by atoms with van der Waals surface area (Å²) in [5.41, 5.74) is 2.76. The predicted octanol–water partition coefficient (Wildman–Crippen LogP) is 1.63. The molecule has 5 nitrogen and oxygen atoms in total. The van der Waals surface area contributed by atoms with Gasteiger partial charge in [0.25, 0.3) is 0 Å². The molecule has 0 aliphatic carbocycles. The maximum atomic E-state index is 12.3. The zero-order chi connectivity index (χ0) is 15.2. The number of aliphatic carboxylic acids is 1. The maximum Gasteiger partial charge on any atom is 0.303 e. The molecule has 0 bridgehead atoms. The van der Waals surface area contributed by atoms with Gasteiger partial charge in [-0.25, -0.2) is 0 Å². The number of carboxylic acid groups (broad SMARTS) is 1. The third kappa shape index (κ3) is 4.16. The van der Waals surface area contributed by atoms with Crippen molar-refractivity contribution < 1.29 is 14.7 Å². The van der Waals surface area contributed by atoms with E-state index in [0.717, 1.165) is 29.8 Å². The molecule has 21 heavy (non-hydrogen) atoms. The zero-order valence-corrected chi connectivity index (χ0v) is 12.1. The van der Waals surface area contributed by atoms with Crippen LogP contribution in [0.25, 0.3) is 0 Å². The van der Waals surface area contributed by atoms with Crippen molar-refractivity contribution in [2.24, 2.45) is 0 Å². The van der Waals surface area contributed by atoms with Gasteiger partial charge < -0.3 is 15.7 Å². The molecule has 1 atom stereocenters. The summed E-state index contributed by atoms with van der Waals surface area (Å²) < 4.78 is 0. The second-order valence-electron chi connectivity index (χ2n) is 5.20. The Bertz CT molecular complexity index is 546. The van der Waals surface area contributed by atoms with Crippen molar-refractivity contribution in [3.8, 4) is 0 Å². The van der Waals surface area contributed by atoms with Crippen LogP contribution in [0.2, 0.25) is 0 Å². The number of benzene rings is 1. The number of rotatable bonds is 6. The summed E-state index contributed by atoms with van der Waals surface area (Å²) in [5, 5.41) is 14.9. The first-order valence-electron chi connectivity index (χ1n) is 7.05. The lowest BCUT2D eigenvalue weighted by atomic mass is 10.00. The fourth-order valence-electron chi connectivity index (χ4n) is 2.22. The van der Waals surface area contributed by atoms with Crippen molar-refractivity contribution in [1.29, 1.82) is 0 Å². The minimum atomic E-state index is -0.858. The van der Waals surface area contributed by atoms with E-state index < -0.39 is 5.97 Å². The van der Waals surface area contributed by atoms with Crippen LogP contribution >= 0.6 is 0 Å². The van der Waals surface area contributed by atoms with Gasteiger partial charge in [0.2, 0.25) is 5.91 Å². The first kappa shape index (κ1) is 15.3. The molecule has 2 rings (SSSR count). The van der Waals surface area contributed by atoms with Crippen LogP contribution in [0.4, 0.5) is 0 Å². The minimum absolute atomic E-state index is 0.0248. The smallest absolute Gasteiger partial charge is 0.303 e. The van der Waals surface area contributed by atoms with Crippen LogP contribution in [0.1, 0.15) is 31.4 Å². The number of hydrogen-bond donors (Lipinski definition) is 3. The summed E-state index contributed by atoms with van der Waals surface area (Å²) in [7, 11) is 0. The fraction of sp³-hybridized carbons (Fsp3) is 0.375. The van der Waals surface area contributed by atoms with Gasteiger partial charge in [-0.3, -0.25) is 9.59 Å². The molecule has 1 aromatic rings. The van der Waals surface area contributed by atoms with Crippen LogP contribution in [-0.2, 0) is 9.59 Å². The average molecular weight is 288 g/mol. The van der Waals surface area contributed by atoms with E-state index in [4.69, 9.17) is 5.11 Å². The van der Waals surface area contributed by atoms with Crippen molar-refractivity contribution in [3.05, 3.63) is 47.0 Å². The number of carboxylic acids is 1. The highest BCUT2D eigenvalue weighted by Crippen LogP contribution is 2.19. The molecular formula is C16H20N2O3. The maximum absolute atomic E-state index is 12.3. The van der Waals surface area contributed by atoms with E-state index >= 15 is 0 Å². The molecule has 1 aliphatic heterocycles. The molecule has 1 unspecified atom stereocenters. The summed E-state index contributed by atoms with van der Waals surface area (Å²) in [5.74, 6) is -0.978. The molecule has 1 amide bonds. The Morgan fingerprint density at radius 2 is 1.95 bits per heavy atom. The van der Waals surface area contributed by atoms with Crippen LogP contribution in [0.5, 0.6) is 0 Å². The van der Waals surface area contributed by atoms with Crippen LogP contribution in [0, 0.1) is 0 Å². The van der Waals surface area contributed by atoms with Crippen molar-refractivity contribution in [3.63, 3.8) is 0 Å². The SMILES string of the molecule is CC(C(=O)NC(CCC(=O)O)c1ccccc1)=C1CNC1. The fourth-order valence-corrected chi connectivity index (χ4v) is 2.22. The summed E-state index contributed by atoms with van der Waals surface area (Å²) in [6.45, 7) is 3.32. The predicted molar refractivity (Wildman–Crippen MR) is 79.8 cm³/mol. The van der Waals surface area contributed by atoms with E-state index in [2.05, 4.69) is 10.6 Å². The molecular weight excluding hydrogens is 268 g/mol. The highest BCUT2D eigenvalue weighted by Gasteiger charge is 2.20. The average Bonchev–Trinajstić information content (AvgIpc) is 2.42. The largest absolute Gasteiger partial charge is 0.481 e. The number of nitrogens with one attached hydrogen (secondary N) is 2. The molecule has 1 heterocycles. The summed E-state index contributed by atoms with van der Waals surface area (Å²) >= 11 is 0. The van der Waals surface area contributed by atoms with Gasteiger partial charge in [0.05, 0.1) is 6.04 Å².